The molecule has 0 radical (unpaired) electrons. The van der Waals surface area contributed by atoms with Crippen LogP contribution in [0.4, 0.5) is 10.5 Å². The highest BCUT2D eigenvalue weighted by Gasteiger charge is 2.25. The smallest absolute Gasteiger partial charge is 0.326 e. The Labute approximate surface area is 122 Å². The van der Waals surface area contributed by atoms with Crippen molar-refractivity contribution in [2.24, 2.45) is 5.92 Å². The molecule has 1 aromatic rings. The first-order chi connectivity index (χ1) is 10.0. The van der Waals surface area contributed by atoms with Crippen LogP contribution >= 0.6 is 0 Å². The zero-order chi connectivity index (χ0) is 15.4. The highest BCUT2D eigenvalue weighted by Crippen LogP contribution is 2.34. The van der Waals surface area contributed by atoms with Gasteiger partial charge in [0.1, 0.15) is 6.04 Å². The number of hydrogen-bond donors (Lipinski definition) is 3. The number of carbonyl (C=O) groups excluding carboxylic acids is 1. The molecule has 0 bridgehead atoms. The van der Waals surface area contributed by atoms with Gasteiger partial charge in [0, 0.05) is 11.8 Å². The molecule has 0 saturated heterocycles. The monoisotopic (exact) mass is 294 g/mol. The lowest BCUT2D eigenvalue weighted by Gasteiger charge is -2.20. The van der Waals surface area contributed by atoms with E-state index in [2.05, 4.69) is 10.6 Å². The molecule has 114 valence electrons. The molecule has 3 N–H and O–H groups in total. The minimum atomic E-state index is -1.05. The van der Waals surface area contributed by atoms with E-state index in [1.165, 1.54) is 0 Å². The number of benzene rings is 1. The van der Waals surface area contributed by atoms with Crippen LogP contribution in [0.1, 0.15) is 20.3 Å². The SMILES string of the molecule is CC[C@H](C)[C@H](NC(=O)Nc1ccc2c(c1)OCO2)C(=O)O. The van der Waals surface area contributed by atoms with Gasteiger partial charge in [0.05, 0.1) is 0 Å². The summed E-state index contributed by atoms with van der Waals surface area (Å²) in [5, 5.41) is 14.2. The number of carboxylic acid groups (broad SMARTS) is 1. The third kappa shape index (κ3) is 3.56. The molecule has 2 rings (SSSR count). The second-order valence-corrected chi connectivity index (χ2v) is 4.87. The van der Waals surface area contributed by atoms with Gasteiger partial charge in [-0.1, -0.05) is 20.3 Å². The van der Waals surface area contributed by atoms with E-state index in [0.717, 1.165) is 0 Å². The average molecular weight is 294 g/mol. The molecule has 2 amide bonds. The highest BCUT2D eigenvalue weighted by molar-refractivity contribution is 5.92. The van der Waals surface area contributed by atoms with Gasteiger partial charge in [0.2, 0.25) is 6.79 Å². The zero-order valence-corrected chi connectivity index (χ0v) is 11.9. The Hall–Kier alpha value is -2.44. The van der Waals surface area contributed by atoms with E-state index in [-0.39, 0.29) is 12.7 Å². The quantitative estimate of drug-likeness (QED) is 0.772. The number of amides is 2. The normalized spacial score (nSPS) is 15.1. The van der Waals surface area contributed by atoms with Crippen molar-refractivity contribution < 1.29 is 24.2 Å². The fraction of sp³-hybridized carbons (Fsp3) is 0.429. The molecule has 1 heterocycles. The summed E-state index contributed by atoms with van der Waals surface area (Å²) in [6, 6.07) is 3.47. The van der Waals surface area contributed by atoms with Crippen molar-refractivity contribution in [2.45, 2.75) is 26.3 Å². The molecule has 1 aliphatic rings. The predicted octanol–water partition coefficient (Wildman–Crippen LogP) is 2.04. The largest absolute Gasteiger partial charge is 0.480 e. The fourth-order valence-corrected chi connectivity index (χ4v) is 1.97. The molecular weight excluding hydrogens is 276 g/mol. The number of anilines is 1. The van der Waals surface area contributed by atoms with Crippen LogP contribution in [0.2, 0.25) is 0 Å². The van der Waals surface area contributed by atoms with E-state index >= 15 is 0 Å². The van der Waals surface area contributed by atoms with Crippen molar-refractivity contribution in [3.8, 4) is 11.5 Å². The number of carbonyl (C=O) groups is 2. The molecule has 1 aliphatic heterocycles. The van der Waals surface area contributed by atoms with Crippen LogP contribution < -0.4 is 20.1 Å². The molecular formula is C14H18N2O5. The Morgan fingerprint density at radius 1 is 1.33 bits per heavy atom. The maximum atomic E-state index is 11.9. The number of aliphatic carboxylic acids is 1. The number of ether oxygens (including phenoxy) is 2. The molecule has 0 fully saturated rings. The first kappa shape index (κ1) is 15.0. The second-order valence-electron chi connectivity index (χ2n) is 4.87. The maximum Gasteiger partial charge on any atom is 0.326 e. The molecule has 0 saturated carbocycles. The molecule has 21 heavy (non-hydrogen) atoms. The minimum Gasteiger partial charge on any atom is -0.480 e. The van der Waals surface area contributed by atoms with Crippen LogP contribution in [-0.2, 0) is 4.79 Å². The molecule has 0 spiro atoms. The van der Waals surface area contributed by atoms with Crippen molar-refractivity contribution in [3.05, 3.63) is 18.2 Å². The van der Waals surface area contributed by atoms with Crippen LogP contribution in [0.3, 0.4) is 0 Å². The lowest BCUT2D eigenvalue weighted by Crippen LogP contribution is -2.46. The van der Waals surface area contributed by atoms with E-state index in [9.17, 15) is 9.59 Å². The third-order valence-corrected chi connectivity index (χ3v) is 3.40. The van der Waals surface area contributed by atoms with Gasteiger partial charge in [0.25, 0.3) is 0 Å². The summed E-state index contributed by atoms with van der Waals surface area (Å²) in [4.78, 5) is 23.1. The van der Waals surface area contributed by atoms with Crippen molar-refractivity contribution in [3.63, 3.8) is 0 Å². The summed E-state index contributed by atoms with van der Waals surface area (Å²) in [7, 11) is 0. The van der Waals surface area contributed by atoms with E-state index in [0.29, 0.717) is 23.6 Å². The molecule has 1 aromatic carbocycles. The number of rotatable bonds is 5. The van der Waals surface area contributed by atoms with Crippen LogP contribution in [0.15, 0.2) is 18.2 Å². The average Bonchev–Trinajstić information content (AvgIpc) is 2.91. The lowest BCUT2D eigenvalue weighted by atomic mass is 9.99. The Morgan fingerprint density at radius 3 is 2.71 bits per heavy atom. The summed E-state index contributed by atoms with van der Waals surface area (Å²) in [5.41, 5.74) is 0.505. The maximum absolute atomic E-state index is 11.9. The number of urea groups is 1. The number of fused-ring (bicyclic) bond motifs is 1. The van der Waals surface area contributed by atoms with Crippen LogP contribution in [0.25, 0.3) is 0 Å². The van der Waals surface area contributed by atoms with Crippen LogP contribution in [0.5, 0.6) is 11.5 Å². The van der Waals surface area contributed by atoms with Crippen molar-refractivity contribution >= 4 is 17.7 Å². The first-order valence-electron chi connectivity index (χ1n) is 6.71. The predicted molar refractivity (Wildman–Crippen MR) is 75.6 cm³/mol. The van der Waals surface area contributed by atoms with Crippen LogP contribution in [-0.4, -0.2) is 29.9 Å². The Kier molecular flexibility index (Phi) is 4.52. The molecule has 0 aromatic heterocycles. The van der Waals surface area contributed by atoms with E-state index in [1.54, 1.807) is 25.1 Å². The fourth-order valence-electron chi connectivity index (χ4n) is 1.97. The molecule has 0 aliphatic carbocycles. The number of carboxylic acids is 1. The zero-order valence-electron chi connectivity index (χ0n) is 11.9. The number of nitrogens with one attached hydrogen (secondary N) is 2. The summed E-state index contributed by atoms with van der Waals surface area (Å²) in [6.45, 7) is 3.80. The topological polar surface area (TPSA) is 96.9 Å². The Morgan fingerprint density at radius 2 is 2.05 bits per heavy atom. The van der Waals surface area contributed by atoms with Gasteiger partial charge in [-0.15, -0.1) is 0 Å². The molecule has 2 atom stereocenters. The van der Waals surface area contributed by atoms with Gasteiger partial charge >= 0.3 is 12.0 Å². The summed E-state index contributed by atoms with van der Waals surface area (Å²) >= 11 is 0. The molecule has 7 heteroatoms. The summed E-state index contributed by atoms with van der Waals surface area (Å²) in [6.07, 6.45) is 0.654. The lowest BCUT2D eigenvalue weighted by molar-refractivity contribution is -0.140. The highest BCUT2D eigenvalue weighted by atomic mass is 16.7. The van der Waals surface area contributed by atoms with E-state index < -0.39 is 18.0 Å². The van der Waals surface area contributed by atoms with E-state index in [1.807, 2.05) is 6.92 Å². The van der Waals surface area contributed by atoms with E-state index in [4.69, 9.17) is 14.6 Å². The Balaban J connectivity index is 1.99. The number of hydrogen-bond acceptors (Lipinski definition) is 4. The van der Waals surface area contributed by atoms with Gasteiger partial charge in [-0.25, -0.2) is 9.59 Å². The van der Waals surface area contributed by atoms with Crippen molar-refractivity contribution in [2.75, 3.05) is 12.1 Å². The van der Waals surface area contributed by atoms with Gasteiger partial charge < -0.3 is 25.2 Å². The molecule has 7 nitrogen and oxygen atoms in total. The minimum absolute atomic E-state index is 0.153. The van der Waals surface area contributed by atoms with Gasteiger partial charge in [-0.2, -0.15) is 0 Å². The van der Waals surface area contributed by atoms with Gasteiger partial charge in [-0.05, 0) is 18.1 Å². The molecule has 0 unspecified atom stereocenters. The van der Waals surface area contributed by atoms with Gasteiger partial charge in [0.15, 0.2) is 11.5 Å². The first-order valence-corrected chi connectivity index (χ1v) is 6.71. The summed E-state index contributed by atoms with van der Waals surface area (Å²) in [5.74, 6) is -0.0522. The Bertz CT molecular complexity index is 546. The van der Waals surface area contributed by atoms with Crippen molar-refractivity contribution in [1.82, 2.24) is 5.32 Å². The van der Waals surface area contributed by atoms with Crippen LogP contribution in [0, 0.1) is 5.92 Å². The second kappa shape index (κ2) is 6.34. The third-order valence-electron chi connectivity index (χ3n) is 3.40. The van der Waals surface area contributed by atoms with Gasteiger partial charge in [-0.3, -0.25) is 0 Å². The summed E-state index contributed by atoms with van der Waals surface area (Å²) < 4.78 is 10.4. The van der Waals surface area contributed by atoms with Crippen molar-refractivity contribution in [1.29, 1.82) is 0 Å². The standard InChI is InChI=1S/C14H18N2O5/c1-3-8(2)12(13(17)18)16-14(19)15-9-4-5-10-11(6-9)21-7-20-10/h4-6,8,12H,3,7H2,1-2H3,(H,17,18)(H2,15,16,19)/t8-,12-/m0/s1.